The molecule has 16 nitrogen and oxygen atoms in total. The molecule has 3 heterocycles. The highest BCUT2D eigenvalue weighted by Gasteiger charge is 2.61. The second-order valence-corrected chi connectivity index (χ2v) is 17.1. The van der Waals surface area contributed by atoms with Crippen molar-refractivity contribution < 1.29 is 46.6 Å². The Hall–Kier alpha value is -5.32. The van der Waals surface area contributed by atoms with Crippen molar-refractivity contribution in [2.24, 2.45) is 5.92 Å². The minimum atomic E-state index is -4.45. The van der Waals surface area contributed by atoms with Gasteiger partial charge in [0, 0.05) is 25.4 Å². The number of amides is 5. The molecule has 2 aromatic rings. The predicted octanol–water partition coefficient (Wildman–Crippen LogP) is 3.88. The molecule has 6 rings (SSSR count). The van der Waals surface area contributed by atoms with Crippen LogP contribution in [-0.2, 0) is 47.2 Å². The van der Waals surface area contributed by atoms with Crippen molar-refractivity contribution in [3.05, 3.63) is 71.8 Å². The molecule has 1 aliphatic carbocycles. The zero-order valence-corrected chi connectivity index (χ0v) is 32.9. The number of carbonyl (C=O) groups excluding carboxylic acids is 5. The van der Waals surface area contributed by atoms with Crippen LogP contribution in [0.2, 0.25) is 0 Å². The Morgan fingerprint density at radius 3 is 2.32 bits per heavy atom. The Balaban J connectivity index is 1.24. The summed E-state index contributed by atoms with van der Waals surface area (Å²) < 4.78 is 47.2. The topological polar surface area (TPSA) is 202 Å². The van der Waals surface area contributed by atoms with Crippen LogP contribution >= 0.6 is 0 Å². The van der Waals surface area contributed by atoms with E-state index in [2.05, 4.69) is 20.1 Å². The molecular formula is C39H50N6O10S. The Labute approximate surface area is 326 Å². The van der Waals surface area contributed by atoms with Crippen LogP contribution in [0, 0.1) is 5.92 Å². The van der Waals surface area contributed by atoms with E-state index < -0.39 is 75.4 Å². The molecule has 0 bridgehead atoms. The number of nitrogens with zero attached hydrogens (tertiary/aromatic N) is 2. The van der Waals surface area contributed by atoms with E-state index in [-0.39, 0.29) is 31.5 Å². The van der Waals surface area contributed by atoms with Crippen molar-refractivity contribution >= 4 is 45.8 Å². The van der Waals surface area contributed by atoms with Crippen LogP contribution in [0.15, 0.2) is 60.7 Å². The molecule has 5 atom stereocenters. The lowest BCUT2D eigenvalue weighted by Gasteiger charge is -2.30. The number of rotatable bonds is 7. The van der Waals surface area contributed by atoms with Crippen LogP contribution in [0.1, 0.15) is 76.8 Å². The third-order valence-corrected chi connectivity index (χ3v) is 11.2. The van der Waals surface area contributed by atoms with E-state index >= 15 is 0 Å². The smallest absolute Gasteiger partial charge is 0.410 e. The maximum atomic E-state index is 14.4. The number of carbonyl (C=O) groups is 5. The largest absolute Gasteiger partial charge is 0.497 e. The number of benzene rings is 2. The number of allylic oxidation sites excluding steroid dienone is 1. The van der Waals surface area contributed by atoms with Gasteiger partial charge in [-0.2, -0.15) is 8.42 Å². The molecule has 0 radical (unpaired) electrons. The highest BCUT2D eigenvalue weighted by atomic mass is 32.2. The van der Waals surface area contributed by atoms with E-state index in [1.807, 2.05) is 30.3 Å². The predicted molar refractivity (Wildman–Crippen MR) is 204 cm³/mol. The maximum Gasteiger partial charge on any atom is 0.410 e. The van der Waals surface area contributed by atoms with E-state index in [1.165, 1.54) is 29.0 Å². The van der Waals surface area contributed by atoms with E-state index in [1.54, 1.807) is 39.0 Å². The highest BCUT2D eigenvalue weighted by Crippen LogP contribution is 2.46. The lowest BCUT2D eigenvalue weighted by atomic mass is 10.0. The second-order valence-electron chi connectivity index (χ2n) is 15.7. The van der Waals surface area contributed by atoms with Crippen LogP contribution in [0.3, 0.4) is 0 Å². The van der Waals surface area contributed by atoms with Gasteiger partial charge in [-0.05, 0) is 81.8 Å². The molecule has 0 aromatic heterocycles. The molecule has 5 amide bonds. The first-order chi connectivity index (χ1) is 26.6. The second kappa shape index (κ2) is 16.4. The van der Waals surface area contributed by atoms with Crippen molar-refractivity contribution in [2.45, 2.75) is 108 Å². The van der Waals surface area contributed by atoms with E-state index in [0.717, 1.165) is 24.0 Å². The summed E-state index contributed by atoms with van der Waals surface area (Å²) in [4.78, 5) is 71.8. The first kappa shape index (κ1) is 40.3. The number of fused-ring (bicyclic) bond motifs is 3. The van der Waals surface area contributed by atoms with Crippen LogP contribution in [0.25, 0.3) is 0 Å². The number of hydrogen-bond donors (Lipinski definition) is 4. The highest BCUT2D eigenvalue weighted by molar-refractivity contribution is 7.91. The fraction of sp³-hybridized carbons (Fsp3) is 0.513. The standard InChI is InChI=1S/C39H50N6O10S/c1-38(2,3)55-36(49)40-31-15-9-7-5-6-8-14-27-21-39(27,35(48)43-56(51,52)42-28-16-18-29(53-4)19-17-28)41-33(46)32-20-30(24-45(32)34(31)47)54-37(50)44-22-25-12-10-11-13-26(25)23-44/h8,10-14,16-19,27,30-32,42H,5-7,9,15,20-24H2,1-4H3,(H,40,49)(H,41,46)(H,43,48)/b14-8+/t27-,30-,31+,32+,39-/m1/s1. The minimum Gasteiger partial charge on any atom is -0.497 e. The molecule has 4 aliphatic rings. The monoisotopic (exact) mass is 794 g/mol. The van der Waals surface area contributed by atoms with Crippen LogP contribution in [0.5, 0.6) is 5.75 Å². The maximum absolute atomic E-state index is 14.4. The average molecular weight is 795 g/mol. The van der Waals surface area contributed by atoms with Crippen molar-refractivity contribution in [1.29, 1.82) is 0 Å². The minimum absolute atomic E-state index is 0.0984. The summed E-state index contributed by atoms with van der Waals surface area (Å²) in [5, 5.41) is 5.48. The number of ether oxygens (including phenoxy) is 3. The quantitative estimate of drug-likeness (QED) is 0.298. The number of anilines is 1. The SMILES string of the molecule is COc1ccc(NS(=O)(=O)NC(=O)[C@@]23C[C@H]2/C=C/CCCCC[C@H](NC(=O)OC(C)(C)C)C(=O)N2C[C@H](OC(=O)N4Cc5ccccc5C4)C[C@H]2C(=O)N3)cc1. The third kappa shape index (κ3) is 9.72. The van der Waals surface area contributed by atoms with Crippen LogP contribution < -0.4 is 24.8 Å². The number of methoxy groups -OCH3 is 1. The number of alkyl carbamates (subject to hydrolysis) is 1. The summed E-state index contributed by atoms with van der Waals surface area (Å²) in [7, 11) is -2.98. The van der Waals surface area contributed by atoms with E-state index in [0.29, 0.717) is 31.7 Å². The summed E-state index contributed by atoms with van der Waals surface area (Å²) in [6, 6.07) is 11.4. The molecule has 2 fully saturated rings. The number of nitrogens with one attached hydrogen (secondary N) is 4. The first-order valence-corrected chi connectivity index (χ1v) is 20.3. The van der Waals surface area contributed by atoms with Crippen molar-refractivity contribution in [2.75, 3.05) is 18.4 Å². The van der Waals surface area contributed by atoms with Crippen molar-refractivity contribution in [3.63, 3.8) is 0 Å². The molecule has 3 aliphatic heterocycles. The van der Waals surface area contributed by atoms with Crippen LogP contribution in [-0.4, -0.2) is 91.1 Å². The molecule has 302 valence electrons. The third-order valence-electron chi connectivity index (χ3n) is 10.3. The van der Waals surface area contributed by atoms with Gasteiger partial charge in [-0.1, -0.05) is 49.3 Å². The Kier molecular flexibility index (Phi) is 11.8. The lowest BCUT2D eigenvalue weighted by Crippen LogP contribution is -2.58. The summed E-state index contributed by atoms with van der Waals surface area (Å²) in [6.45, 7) is 5.65. The molecule has 56 heavy (non-hydrogen) atoms. The van der Waals surface area contributed by atoms with Gasteiger partial charge in [-0.25, -0.2) is 14.3 Å². The molecule has 4 N–H and O–H groups in total. The summed E-state index contributed by atoms with van der Waals surface area (Å²) in [6.07, 6.45) is 4.33. The van der Waals surface area contributed by atoms with Gasteiger partial charge in [0.1, 0.15) is 35.1 Å². The van der Waals surface area contributed by atoms with Gasteiger partial charge in [0.25, 0.3) is 5.91 Å². The zero-order chi connectivity index (χ0) is 40.3. The van der Waals surface area contributed by atoms with Gasteiger partial charge >= 0.3 is 22.4 Å². The molecule has 1 saturated carbocycles. The van der Waals surface area contributed by atoms with Gasteiger partial charge in [0.2, 0.25) is 11.8 Å². The molecule has 1 saturated heterocycles. The average Bonchev–Trinajstić information content (AvgIpc) is 3.43. The van der Waals surface area contributed by atoms with Gasteiger partial charge in [0.15, 0.2) is 0 Å². The van der Waals surface area contributed by atoms with Gasteiger partial charge in [0.05, 0.1) is 19.3 Å². The molecule has 2 aromatic carbocycles. The Morgan fingerprint density at radius 2 is 1.66 bits per heavy atom. The Morgan fingerprint density at radius 1 is 0.964 bits per heavy atom. The molecule has 0 unspecified atom stereocenters. The fourth-order valence-corrected chi connectivity index (χ4v) is 8.27. The fourth-order valence-electron chi connectivity index (χ4n) is 7.35. The Bertz CT molecular complexity index is 1940. The summed E-state index contributed by atoms with van der Waals surface area (Å²) in [5.74, 6) is -2.30. The summed E-state index contributed by atoms with van der Waals surface area (Å²) >= 11 is 0. The molecule has 17 heteroatoms. The van der Waals surface area contributed by atoms with Gasteiger partial charge in [-0.3, -0.25) is 24.0 Å². The van der Waals surface area contributed by atoms with Gasteiger partial charge < -0.3 is 29.7 Å². The summed E-state index contributed by atoms with van der Waals surface area (Å²) in [5.41, 5.74) is -0.326. The van der Waals surface area contributed by atoms with Crippen molar-refractivity contribution in [1.82, 2.24) is 25.2 Å². The first-order valence-electron chi connectivity index (χ1n) is 18.9. The van der Waals surface area contributed by atoms with E-state index in [9.17, 15) is 32.4 Å². The normalized spacial score (nSPS) is 25.9. The lowest BCUT2D eigenvalue weighted by molar-refractivity contribution is -0.141. The number of hydrogen-bond acceptors (Lipinski definition) is 10. The molecule has 0 spiro atoms. The van der Waals surface area contributed by atoms with Crippen molar-refractivity contribution in [3.8, 4) is 5.75 Å². The molecular weight excluding hydrogens is 745 g/mol. The van der Waals surface area contributed by atoms with Gasteiger partial charge in [-0.15, -0.1) is 0 Å². The van der Waals surface area contributed by atoms with Crippen LogP contribution in [0.4, 0.5) is 15.3 Å². The zero-order valence-electron chi connectivity index (χ0n) is 32.0. The van der Waals surface area contributed by atoms with E-state index in [4.69, 9.17) is 14.2 Å².